The molecule has 0 aromatic heterocycles. The predicted octanol–water partition coefficient (Wildman–Crippen LogP) is 4.32. The molecule has 1 amide bonds. The van der Waals surface area contributed by atoms with E-state index in [1.54, 1.807) is 7.11 Å². The Morgan fingerprint density at radius 1 is 1.00 bits per heavy atom. The van der Waals surface area contributed by atoms with Crippen LogP contribution in [0.1, 0.15) is 57.4 Å². The van der Waals surface area contributed by atoms with Gasteiger partial charge in [0.2, 0.25) is 5.91 Å². The molecule has 3 heterocycles. The molecule has 232 valence electrons. The highest BCUT2D eigenvalue weighted by Gasteiger charge is 2.49. The number of hydrogen-bond donors (Lipinski definition) is 3. The second kappa shape index (κ2) is 12.7. The number of carbonyl (C=O) groups excluding carboxylic acids is 1. The van der Waals surface area contributed by atoms with Crippen LogP contribution in [0.25, 0.3) is 5.57 Å². The van der Waals surface area contributed by atoms with Crippen LogP contribution in [0, 0.1) is 16.2 Å². The van der Waals surface area contributed by atoms with Crippen molar-refractivity contribution in [1.29, 1.82) is 5.41 Å². The largest absolute Gasteiger partial charge is 0.496 e. The van der Waals surface area contributed by atoms with Gasteiger partial charge in [0.15, 0.2) is 0 Å². The van der Waals surface area contributed by atoms with Gasteiger partial charge < -0.3 is 30.8 Å². The standard InChI is InChI=1S/C34H48N6O3/c1-33(2,3)24-37-17-19-38(20-18-37)27-7-5-25(6-8-27)31(41)39-14-11-34(12-15-39)13-16-40(32(34)42)28-9-10-29(26(22-35)23-36)30(21-28)43-4/h5-10,21-23,31,35,41H,11-20,24,36H2,1-4H3/b26-23+,35-22?. The summed E-state index contributed by atoms with van der Waals surface area (Å²) in [4.78, 5) is 22.7. The SMILES string of the molecule is COc1cc(N2CCC3(CCN(C(O)c4ccc(N5CCN(CC(C)(C)C)CC5)cc4)CC3)C2=O)ccc1/C(C=N)=C/N. The van der Waals surface area contributed by atoms with E-state index >= 15 is 0 Å². The zero-order valence-corrected chi connectivity index (χ0v) is 26.2. The van der Waals surface area contributed by atoms with Gasteiger partial charge in [-0.05, 0) is 54.5 Å². The molecule has 3 aliphatic heterocycles. The van der Waals surface area contributed by atoms with E-state index < -0.39 is 11.6 Å². The average Bonchev–Trinajstić information content (AvgIpc) is 3.32. The van der Waals surface area contributed by atoms with Crippen molar-refractivity contribution < 1.29 is 14.6 Å². The summed E-state index contributed by atoms with van der Waals surface area (Å²) in [5.41, 5.74) is 9.77. The number of nitrogens with zero attached hydrogens (tertiary/aromatic N) is 4. The van der Waals surface area contributed by atoms with Crippen LogP contribution in [-0.4, -0.2) is 86.5 Å². The van der Waals surface area contributed by atoms with Crippen molar-refractivity contribution in [2.45, 2.75) is 46.3 Å². The monoisotopic (exact) mass is 588 g/mol. The summed E-state index contributed by atoms with van der Waals surface area (Å²) >= 11 is 0. The van der Waals surface area contributed by atoms with E-state index in [2.05, 4.69) is 59.7 Å². The highest BCUT2D eigenvalue weighted by atomic mass is 16.5. The molecule has 9 nitrogen and oxygen atoms in total. The van der Waals surface area contributed by atoms with Crippen LogP contribution in [0.5, 0.6) is 5.75 Å². The maximum absolute atomic E-state index is 13.8. The second-order valence-corrected chi connectivity index (χ2v) is 13.5. The molecule has 0 radical (unpaired) electrons. The lowest BCUT2D eigenvalue weighted by Crippen LogP contribution is -2.48. The molecule has 0 bridgehead atoms. The van der Waals surface area contributed by atoms with Crippen LogP contribution in [0.2, 0.25) is 0 Å². The van der Waals surface area contributed by atoms with Gasteiger partial charge in [-0.2, -0.15) is 0 Å². The van der Waals surface area contributed by atoms with Crippen molar-refractivity contribution in [2.24, 2.45) is 16.6 Å². The summed E-state index contributed by atoms with van der Waals surface area (Å²) in [6.45, 7) is 14.2. The van der Waals surface area contributed by atoms with Crippen LogP contribution in [0.15, 0.2) is 48.7 Å². The topological polar surface area (TPSA) is 109 Å². The van der Waals surface area contributed by atoms with Gasteiger partial charge in [-0.15, -0.1) is 0 Å². The molecule has 43 heavy (non-hydrogen) atoms. The summed E-state index contributed by atoms with van der Waals surface area (Å²) in [5, 5.41) is 18.9. The number of hydrogen-bond acceptors (Lipinski definition) is 8. The van der Waals surface area contributed by atoms with Crippen LogP contribution >= 0.6 is 0 Å². The fourth-order valence-corrected chi connectivity index (χ4v) is 6.93. The Kier molecular flexibility index (Phi) is 9.15. The number of ether oxygens (including phenoxy) is 1. The van der Waals surface area contributed by atoms with E-state index in [-0.39, 0.29) is 5.91 Å². The first-order valence-corrected chi connectivity index (χ1v) is 15.5. The minimum atomic E-state index is -0.682. The molecule has 5 rings (SSSR count). The number of nitrogens with two attached hydrogens (primary N) is 1. The van der Waals surface area contributed by atoms with Crippen molar-refractivity contribution in [3.63, 3.8) is 0 Å². The molecule has 4 N–H and O–H groups in total. The Morgan fingerprint density at radius 3 is 2.21 bits per heavy atom. The minimum absolute atomic E-state index is 0.144. The number of anilines is 2. The van der Waals surface area contributed by atoms with Crippen LogP contribution in [0.4, 0.5) is 11.4 Å². The molecular formula is C34H48N6O3. The Hall–Kier alpha value is -3.40. The van der Waals surface area contributed by atoms with Crippen molar-refractivity contribution in [3.8, 4) is 5.75 Å². The highest BCUT2D eigenvalue weighted by molar-refractivity contribution is 6.09. The molecule has 3 fully saturated rings. The van der Waals surface area contributed by atoms with Crippen LogP contribution < -0.4 is 20.3 Å². The molecule has 0 saturated carbocycles. The third-order valence-corrected chi connectivity index (χ3v) is 9.38. The number of piperazine rings is 1. The van der Waals surface area contributed by atoms with E-state index in [1.165, 1.54) is 18.1 Å². The van der Waals surface area contributed by atoms with E-state index in [0.29, 0.717) is 36.4 Å². The lowest BCUT2D eigenvalue weighted by Gasteiger charge is -2.40. The van der Waals surface area contributed by atoms with Crippen LogP contribution in [-0.2, 0) is 4.79 Å². The molecule has 3 saturated heterocycles. The number of nitrogens with one attached hydrogen (secondary N) is 1. The first-order valence-electron chi connectivity index (χ1n) is 15.5. The Balaban J connectivity index is 1.17. The number of piperidine rings is 1. The number of allylic oxidation sites excluding steroid dienone is 1. The fraction of sp³-hybridized carbons (Fsp3) is 0.529. The number of rotatable bonds is 8. The lowest BCUT2D eigenvalue weighted by atomic mass is 9.77. The number of methoxy groups -OCH3 is 1. The van der Waals surface area contributed by atoms with E-state index in [0.717, 1.165) is 68.8 Å². The second-order valence-electron chi connectivity index (χ2n) is 13.5. The Bertz CT molecular complexity index is 1320. The molecule has 1 unspecified atom stereocenters. The number of amides is 1. The lowest BCUT2D eigenvalue weighted by molar-refractivity contribution is -0.130. The van der Waals surface area contributed by atoms with E-state index in [4.69, 9.17) is 15.9 Å². The van der Waals surface area contributed by atoms with Crippen molar-refractivity contribution >= 4 is 29.1 Å². The molecule has 0 aliphatic carbocycles. The summed E-state index contributed by atoms with van der Waals surface area (Å²) in [5.74, 6) is 0.725. The summed E-state index contributed by atoms with van der Waals surface area (Å²) in [6.07, 6.45) is 4.14. The number of aliphatic hydroxyl groups is 1. The van der Waals surface area contributed by atoms with Gasteiger partial charge in [-0.25, -0.2) is 0 Å². The number of aliphatic hydroxyl groups excluding tert-OH is 1. The molecule has 2 aromatic rings. The molecular weight excluding hydrogens is 540 g/mol. The van der Waals surface area contributed by atoms with Gasteiger partial charge in [0, 0.05) is 93.4 Å². The molecule has 9 heteroatoms. The zero-order valence-electron chi connectivity index (χ0n) is 26.2. The van der Waals surface area contributed by atoms with Crippen LogP contribution in [0.3, 0.4) is 0 Å². The zero-order chi connectivity index (χ0) is 30.8. The van der Waals surface area contributed by atoms with Gasteiger partial charge in [0.25, 0.3) is 0 Å². The van der Waals surface area contributed by atoms with Gasteiger partial charge in [-0.3, -0.25) is 14.6 Å². The van der Waals surface area contributed by atoms with E-state index in [1.807, 2.05) is 23.1 Å². The van der Waals surface area contributed by atoms with Gasteiger partial charge in [-0.1, -0.05) is 32.9 Å². The maximum Gasteiger partial charge on any atom is 0.233 e. The average molecular weight is 589 g/mol. The predicted molar refractivity (Wildman–Crippen MR) is 174 cm³/mol. The fourth-order valence-electron chi connectivity index (χ4n) is 6.93. The van der Waals surface area contributed by atoms with Crippen molar-refractivity contribution in [3.05, 3.63) is 59.8 Å². The summed E-state index contributed by atoms with van der Waals surface area (Å²) in [7, 11) is 1.58. The summed E-state index contributed by atoms with van der Waals surface area (Å²) in [6, 6.07) is 14.0. The summed E-state index contributed by atoms with van der Waals surface area (Å²) < 4.78 is 5.57. The third kappa shape index (κ3) is 6.59. The van der Waals surface area contributed by atoms with E-state index in [9.17, 15) is 9.90 Å². The van der Waals surface area contributed by atoms with Gasteiger partial charge >= 0.3 is 0 Å². The van der Waals surface area contributed by atoms with Crippen molar-refractivity contribution in [1.82, 2.24) is 9.80 Å². The normalized spacial score (nSPS) is 21.0. The quantitative estimate of drug-likeness (QED) is 0.394. The Labute approximate surface area is 256 Å². The van der Waals surface area contributed by atoms with Crippen molar-refractivity contribution in [2.75, 3.05) is 69.3 Å². The minimum Gasteiger partial charge on any atom is -0.496 e. The maximum atomic E-state index is 13.8. The first kappa shape index (κ1) is 31.0. The van der Waals surface area contributed by atoms with Gasteiger partial charge in [0.1, 0.15) is 12.0 Å². The number of likely N-dealkylation sites (tertiary alicyclic amines) is 1. The molecule has 1 spiro atoms. The number of benzene rings is 2. The highest BCUT2D eigenvalue weighted by Crippen LogP contribution is 2.45. The third-order valence-electron chi connectivity index (χ3n) is 9.38. The molecule has 1 atom stereocenters. The molecule has 2 aromatic carbocycles. The smallest absolute Gasteiger partial charge is 0.233 e. The first-order chi connectivity index (χ1) is 20.6. The number of carbonyl (C=O) groups is 1. The van der Waals surface area contributed by atoms with Gasteiger partial charge in [0.05, 0.1) is 12.5 Å². The molecule has 3 aliphatic rings. The Morgan fingerprint density at radius 2 is 1.63 bits per heavy atom.